The molecular weight excluding hydrogens is 310 g/mol. The summed E-state index contributed by atoms with van der Waals surface area (Å²) in [4.78, 5) is 23.3. The van der Waals surface area contributed by atoms with Gasteiger partial charge in [-0.25, -0.2) is 0 Å². The lowest BCUT2D eigenvalue weighted by molar-refractivity contribution is -0.123. The van der Waals surface area contributed by atoms with E-state index in [9.17, 15) is 9.59 Å². The largest absolute Gasteiger partial charge is 0.354 e. The fraction of sp³-hybridized carbons (Fsp3) is 0.538. The third-order valence-electron chi connectivity index (χ3n) is 2.67. The number of aromatic nitrogens is 1. The van der Waals surface area contributed by atoms with E-state index in [-0.39, 0.29) is 17.7 Å². The zero-order valence-electron chi connectivity index (χ0n) is 11.5. The Bertz CT molecular complexity index is 455. The van der Waals surface area contributed by atoms with Crippen LogP contribution in [-0.4, -0.2) is 29.5 Å². The molecule has 19 heavy (non-hydrogen) atoms. The van der Waals surface area contributed by atoms with Gasteiger partial charge in [-0.05, 0) is 28.9 Å². The molecule has 0 unspecified atom stereocenters. The van der Waals surface area contributed by atoms with E-state index in [0.29, 0.717) is 18.8 Å². The summed E-state index contributed by atoms with van der Waals surface area (Å²) in [6.07, 6.45) is 1.87. The van der Waals surface area contributed by atoms with Gasteiger partial charge >= 0.3 is 0 Å². The second-order valence-electron chi connectivity index (χ2n) is 4.53. The summed E-state index contributed by atoms with van der Waals surface area (Å²) in [5.41, 5.74) is 0.615. The van der Waals surface area contributed by atoms with Crippen molar-refractivity contribution in [1.29, 1.82) is 0 Å². The molecule has 0 aliphatic rings. The zero-order valence-corrected chi connectivity index (χ0v) is 13.1. The molecule has 0 aliphatic carbocycles. The average molecular weight is 330 g/mol. The van der Waals surface area contributed by atoms with Crippen LogP contribution < -0.4 is 10.6 Å². The summed E-state index contributed by atoms with van der Waals surface area (Å²) in [5.74, 6) is -0.177. The number of carbonyl (C=O) groups is 2. The number of nitrogens with zero attached hydrogens (tertiary/aromatic N) is 1. The monoisotopic (exact) mass is 329 g/mol. The van der Waals surface area contributed by atoms with Gasteiger partial charge in [0.05, 0.1) is 0 Å². The van der Waals surface area contributed by atoms with Gasteiger partial charge in [-0.3, -0.25) is 9.59 Å². The van der Waals surface area contributed by atoms with Gasteiger partial charge in [0.2, 0.25) is 5.91 Å². The molecule has 0 aliphatic heterocycles. The van der Waals surface area contributed by atoms with Gasteiger partial charge in [0, 0.05) is 36.2 Å². The minimum absolute atomic E-state index is 0.00562. The first-order chi connectivity index (χ1) is 8.95. The van der Waals surface area contributed by atoms with Crippen molar-refractivity contribution in [3.8, 4) is 0 Å². The normalized spacial score (nSPS) is 10.6. The van der Waals surface area contributed by atoms with Crippen molar-refractivity contribution in [2.24, 2.45) is 5.92 Å². The fourth-order valence-corrected chi connectivity index (χ4v) is 2.05. The van der Waals surface area contributed by atoms with Crippen LogP contribution in [0.15, 0.2) is 16.7 Å². The number of rotatable bonds is 6. The maximum Gasteiger partial charge on any atom is 0.268 e. The Morgan fingerprint density at radius 2 is 1.95 bits per heavy atom. The topological polar surface area (TPSA) is 63.1 Å². The van der Waals surface area contributed by atoms with Crippen molar-refractivity contribution < 1.29 is 9.59 Å². The molecule has 0 spiro atoms. The number of amides is 2. The number of hydrogen-bond donors (Lipinski definition) is 2. The molecule has 0 aromatic carbocycles. The number of hydrogen-bond acceptors (Lipinski definition) is 2. The van der Waals surface area contributed by atoms with Crippen molar-refractivity contribution in [2.75, 3.05) is 13.1 Å². The maximum absolute atomic E-state index is 12.0. The smallest absolute Gasteiger partial charge is 0.268 e. The van der Waals surface area contributed by atoms with Gasteiger partial charge in [0.25, 0.3) is 5.91 Å². The lowest BCUT2D eigenvalue weighted by atomic mass is 10.2. The number of aryl methyl sites for hydroxylation is 1. The minimum Gasteiger partial charge on any atom is -0.354 e. The SMILES string of the molecule is CCn1cc(Br)cc1C(=O)NCCNC(=O)C(C)C. The van der Waals surface area contributed by atoms with Crippen LogP contribution in [0.4, 0.5) is 0 Å². The van der Waals surface area contributed by atoms with Crippen molar-refractivity contribution in [2.45, 2.75) is 27.3 Å². The summed E-state index contributed by atoms with van der Waals surface area (Å²) < 4.78 is 2.75. The quantitative estimate of drug-likeness (QED) is 0.781. The highest BCUT2D eigenvalue weighted by molar-refractivity contribution is 9.10. The molecule has 0 atom stereocenters. The standard InChI is InChI=1S/C13H20BrN3O2/c1-4-17-8-10(14)7-11(17)13(19)16-6-5-15-12(18)9(2)3/h7-9H,4-6H2,1-3H3,(H,15,18)(H,16,19). The number of nitrogens with one attached hydrogen (secondary N) is 2. The van der Waals surface area contributed by atoms with Crippen LogP contribution in [0.5, 0.6) is 0 Å². The molecule has 2 amide bonds. The Labute approximate surface area is 121 Å². The average Bonchev–Trinajstić information content (AvgIpc) is 2.75. The molecule has 0 saturated carbocycles. The van der Waals surface area contributed by atoms with Gasteiger partial charge in [-0.1, -0.05) is 13.8 Å². The van der Waals surface area contributed by atoms with E-state index in [4.69, 9.17) is 0 Å². The molecule has 0 saturated heterocycles. The molecule has 6 heteroatoms. The first-order valence-electron chi connectivity index (χ1n) is 6.37. The van der Waals surface area contributed by atoms with Crippen molar-refractivity contribution in [3.63, 3.8) is 0 Å². The molecule has 0 radical (unpaired) electrons. The molecule has 1 aromatic heterocycles. The molecule has 2 N–H and O–H groups in total. The lowest BCUT2D eigenvalue weighted by Crippen LogP contribution is -2.36. The summed E-state index contributed by atoms with van der Waals surface area (Å²) in [5, 5.41) is 5.54. The van der Waals surface area contributed by atoms with Crippen molar-refractivity contribution >= 4 is 27.7 Å². The highest BCUT2D eigenvalue weighted by Gasteiger charge is 2.12. The third kappa shape index (κ3) is 4.70. The Morgan fingerprint density at radius 3 is 2.53 bits per heavy atom. The van der Waals surface area contributed by atoms with E-state index in [2.05, 4.69) is 26.6 Å². The predicted octanol–water partition coefficient (Wildman–Crippen LogP) is 1.77. The van der Waals surface area contributed by atoms with Crippen LogP contribution in [0, 0.1) is 5.92 Å². The number of halogens is 1. The molecule has 1 rings (SSSR count). The van der Waals surface area contributed by atoms with Crippen LogP contribution in [0.2, 0.25) is 0 Å². The summed E-state index contributed by atoms with van der Waals surface area (Å²) in [6.45, 7) is 7.24. The molecule has 1 heterocycles. The van der Waals surface area contributed by atoms with Gasteiger partial charge < -0.3 is 15.2 Å². The maximum atomic E-state index is 12.0. The summed E-state index contributed by atoms with van der Waals surface area (Å²) >= 11 is 3.35. The van der Waals surface area contributed by atoms with E-state index in [1.54, 1.807) is 6.07 Å². The van der Waals surface area contributed by atoms with E-state index >= 15 is 0 Å². The first kappa shape index (κ1) is 15.8. The van der Waals surface area contributed by atoms with Gasteiger partial charge in [-0.2, -0.15) is 0 Å². The lowest BCUT2D eigenvalue weighted by Gasteiger charge is -2.09. The van der Waals surface area contributed by atoms with Crippen LogP contribution in [-0.2, 0) is 11.3 Å². The van der Waals surface area contributed by atoms with Gasteiger partial charge in [0.15, 0.2) is 0 Å². The van der Waals surface area contributed by atoms with Crippen molar-refractivity contribution in [3.05, 3.63) is 22.4 Å². The summed E-state index contributed by atoms with van der Waals surface area (Å²) in [7, 11) is 0. The Kier molecular flexibility index (Phi) is 6.08. The second kappa shape index (κ2) is 7.33. The fourth-order valence-electron chi connectivity index (χ4n) is 1.58. The third-order valence-corrected chi connectivity index (χ3v) is 3.10. The van der Waals surface area contributed by atoms with Crippen LogP contribution in [0.3, 0.4) is 0 Å². The van der Waals surface area contributed by atoms with Crippen LogP contribution in [0.1, 0.15) is 31.3 Å². The molecule has 1 aromatic rings. The Morgan fingerprint density at radius 1 is 1.32 bits per heavy atom. The van der Waals surface area contributed by atoms with Gasteiger partial charge in [-0.15, -0.1) is 0 Å². The molecule has 5 nitrogen and oxygen atoms in total. The molecule has 0 bridgehead atoms. The number of carbonyl (C=O) groups excluding carboxylic acids is 2. The highest BCUT2D eigenvalue weighted by Crippen LogP contribution is 2.14. The second-order valence-corrected chi connectivity index (χ2v) is 5.45. The van der Waals surface area contributed by atoms with Crippen molar-refractivity contribution in [1.82, 2.24) is 15.2 Å². The van der Waals surface area contributed by atoms with E-state index in [0.717, 1.165) is 11.0 Å². The van der Waals surface area contributed by atoms with Gasteiger partial charge in [0.1, 0.15) is 5.69 Å². The molecular formula is C13H20BrN3O2. The Balaban J connectivity index is 2.41. The molecule has 0 fully saturated rings. The highest BCUT2D eigenvalue weighted by atomic mass is 79.9. The summed E-state index contributed by atoms with van der Waals surface area (Å²) in [6, 6.07) is 1.78. The Hall–Kier alpha value is -1.30. The zero-order chi connectivity index (χ0) is 14.4. The van der Waals surface area contributed by atoms with E-state index < -0.39 is 0 Å². The van der Waals surface area contributed by atoms with Crippen LogP contribution >= 0.6 is 15.9 Å². The minimum atomic E-state index is -0.133. The van der Waals surface area contributed by atoms with E-state index in [1.165, 1.54) is 0 Å². The molecule has 106 valence electrons. The van der Waals surface area contributed by atoms with Crippen LogP contribution in [0.25, 0.3) is 0 Å². The predicted molar refractivity (Wildman–Crippen MR) is 78.0 cm³/mol. The first-order valence-corrected chi connectivity index (χ1v) is 7.16. The van der Waals surface area contributed by atoms with E-state index in [1.807, 2.05) is 31.5 Å².